The third-order valence-electron chi connectivity index (χ3n) is 4.85. The van der Waals surface area contributed by atoms with Crippen LogP contribution in [0.2, 0.25) is 0 Å². The van der Waals surface area contributed by atoms with Gasteiger partial charge in [-0.2, -0.15) is 0 Å². The Hall–Kier alpha value is -2.61. The van der Waals surface area contributed by atoms with Crippen LogP contribution in [-0.4, -0.2) is 51.2 Å². The fourth-order valence-electron chi connectivity index (χ4n) is 3.39. The first-order chi connectivity index (χ1) is 13.9. The lowest BCUT2D eigenvalue weighted by Crippen LogP contribution is -2.35. The van der Waals surface area contributed by atoms with Crippen LogP contribution in [0.3, 0.4) is 0 Å². The summed E-state index contributed by atoms with van der Waals surface area (Å²) in [5, 5.41) is 0. The number of sulfonamides is 1. The molecular formula is C21H26FN3O3S. The summed E-state index contributed by atoms with van der Waals surface area (Å²) in [4.78, 5) is 16.8. The van der Waals surface area contributed by atoms with Crippen LogP contribution >= 0.6 is 0 Å². The summed E-state index contributed by atoms with van der Waals surface area (Å²) < 4.78 is 39.4. The molecule has 0 aromatic heterocycles. The summed E-state index contributed by atoms with van der Waals surface area (Å²) in [5.41, 5.74) is 1.93. The zero-order valence-corrected chi connectivity index (χ0v) is 17.3. The molecule has 0 spiro atoms. The van der Waals surface area contributed by atoms with Gasteiger partial charge in [-0.1, -0.05) is 6.92 Å². The Kier molecular flexibility index (Phi) is 6.74. The summed E-state index contributed by atoms with van der Waals surface area (Å²) in [6.07, 6.45) is 1.35. The number of carbonyl (C=O) groups is 1. The highest BCUT2D eigenvalue weighted by Crippen LogP contribution is 2.19. The Morgan fingerprint density at radius 1 is 1.00 bits per heavy atom. The predicted octanol–water partition coefficient (Wildman–Crippen LogP) is 3.33. The second-order valence-corrected chi connectivity index (χ2v) is 8.95. The van der Waals surface area contributed by atoms with Gasteiger partial charge in [0.15, 0.2) is 0 Å². The highest BCUT2D eigenvalue weighted by Gasteiger charge is 2.21. The van der Waals surface area contributed by atoms with Gasteiger partial charge >= 0.3 is 0 Å². The molecule has 2 aromatic rings. The molecule has 1 heterocycles. The molecule has 1 aliphatic rings. The van der Waals surface area contributed by atoms with Crippen LogP contribution in [0.1, 0.15) is 30.1 Å². The summed E-state index contributed by atoms with van der Waals surface area (Å²) in [5.74, 6) is -0.277. The van der Waals surface area contributed by atoms with E-state index in [9.17, 15) is 17.6 Å². The first-order valence-electron chi connectivity index (χ1n) is 9.78. The van der Waals surface area contributed by atoms with Crippen LogP contribution in [0.4, 0.5) is 15.8 Å². The second-order valence-electron chi connectivity index (χ2n) is 7.11. The van der Waals surface area contributed by atoms with Gasteiger partial charge in [0.05, 0.1) is 5.75 Å². The van der Waals surface area contributed by atoms with E-state index >= 15 is 0 Å². The minimum atomic E-state index is -3.35. The molecule has 8 heteroatoms. The van der Waals surface area contributed by atoms with Crippen molar-refractivity contribution in [3.63, 3.8) is 0 Å². The Morgan fingerprint density at radius 2 is 1.69 bits per heavy atom. The number of rotatable bonds is 6. The molecule has 0 radical (unpaired) electrons. The summed E-state index contributed by atoms with van der Waals surface area (Å²) >= 11 is 0. The van der Waals surface area contributed by atoms with Gasteiger partial charge in [0.2, 0.25) is 10.0 Å². The molecule has 1 fully saturated rings. The van der Waals surface area contributed by atoms with Crippen LogP contribution in [0.5, 0.6) is 0 Å². The maximum absolute atomic E-state index is 13.1. The lowest BCUT2D eigenvalue weighted by atomic mass is 10.2. The monoisotopic (exact) mass is 419 g/mol. The van der Waals surface area contributed by atoms with Gasteiger partial charge in [0, 0.05) is 43.1 Å². The normalized spacial score (nSPS) is 15.1. The van der Waals surface area contributed by atoms with E-state index in [4.69, 9.17) is 0 Å². The molecule has 0 saturated carbocycles. The van der Waals surface area contributed by atoms with Gasteiger partial charge in [-0.15, -0.1) is 0 Å². The number of benzene rings is 2. The van der Waals surface area contributed by atoms with Crippen LogP contribution in [0, 0.1) is 5.82 Å². The molecule has 1 aliphatic heterocycles. The van der Waals surface area contributed by atoms with Crippen molar-refractivity contribution in [1.82, 2.24) is 4.90 Å². The van der Waals surface area contributed by atoms with E-state index in [0.717, 1.165) is 18.7 Å². The molecule has 6 nitrogen and oxygen atoms in total. The smallest absolute Gasteiger partial charge is 0.253 e. The average Bonchev–Trinajstić information content (AvgIpc) is 2.94. The van der Waals surface area contributed by atoms with Crippen molar-refractivity contribution in [2.24, 2.45) is 0 Å². The zero-order chi connectivity index (χ0) is 20.9. The standard InChI is InChI=1S/C21H26FN3O3S/c1-2-16-29(27,28)23-19-8-4-17(5-9-19)21(26)25-13-3-12-24(14-15-25)20-10-6-18(22)7-11-20/h4-11,23H,2-3,12-16H2,1H3. The zero-order valence-electron chi connectivity index (χ0n) is 16.5. The molecule has 0 bridgehead atoms. The Labute approximate surface area is 171 Å². The highest BCUT2D eigenvalue weighted by molar-refractivity contribution is 7.92. The highest BCUT2D eigenvalue weighted by atomic mass is 32.2. The summed E-state index contributed by atoms with van der Waals surface area (Å²) in [7, 11) is -3.35. The Balaban J connectivity index is 1.62. The number of amides is 1. The molecule has 1 N–H and O–H groups in total. The van der Waals surface area contributed by atoms with Crippen molar-refractivity contribution in [2.75, 3.05) is 41.6 Å². The third-order valence-corrected chi connectivity index (χ3v) is 6.35. The number of nitrogens with one attached hydrogen (secondary N) is 1. The van der Waals surface area contributed by atoms with Gasteiger partial charge in [-0.3, -0.25) is 9.52 Å². The van der Waals surface area contributed by atoms with E-state index in [1.807, 2.05) is 0 Å². The van der Waals surface area contributed by atoms with E-state index in [-0.39, 0.29) is 17.5 Å². The van der Waals surface area contributed by atoms with Gasteiger partial charge < -0.3 is 9.80 Å². The lowest BCUT2D eigenvalue weighted by molar-refractivity contribution is 0.0767. The number of nitrogens with zero attached hydrogens (tertiary/aromatic N) is 2. The van der Waals surface area contributed by atoms with Gasteiger partial charge in [-0.25, -0.2) is 12.8 Å². The molecule has 1 saturated heterocycles. The molecule has 0 atom stereocenters. The van der Waals surface area contributed by atoms with E-state index in [2.05, 4.69) is 9.62 Å². The number of carbonyl (C=O) groups excluding carboxylic acids is 1. The number of hydrogen-bond donors (Lipinski definition) is 1. The topological polar surface area (TPSA) is 69.7 Å². The first-order valence-corrected chi connectivity index (χ1v) is 11.4. The SMILES string of the molecule is CCCS(=O)(=O)Nc1ccc(C(=O)N2CCCN(c3ccc(F)cc3)CC2)cc1. The van der Waals surface area contributed by atoms with Gasteiger partial charge in [0.1, 0.15) is 5.82 Å². The van der Waals surface area contributed by atoms with Crippen LogP contribution in [0.15, 0.2) is 48.5 Å². The Bertz CT molecular complexity index is 931. The number of halogens is 1. The average molecular weight is 420 g/mol. The van der Waals surface area contributed by atoms with E-state index in [0.29, 0.717) is 37.3 Å². The number of hydrogen-bond acceptors (Lipinski definition) is 4. The first kappa shape index (κ1) is 21.1. The maximum Gasteiger partial charge on any atom is 0.253 e. The maximum atomic E-state index is 13.1. The second kappa shape index (κ2) is 9.26. The van der Waals surface area contributed by atoms with Crippen molar-refractivity contribution in [1.29, 1.82) is 0 Å². The largest absolute Gasteiger partial charge is 0.370 e. The van der Waals surface area contributed by atoms with Crippen LogP contribution in [-0.2, 0) is 10.0 Å². The summed E-state index contributed by atoms with van der Waals surface area (Å²) in [6, 6.07) is 12.9. The quantitative estimate of drug-likeness (QED) is 0.780. The Morgan fingerprint density at radius 3 is 2.34 bits per heavy atom. The fourth-order valence-corrected chi connectivity index (χ4v) is 4.53. The van der Waals surface area contributed by atoms with Gasteiger partial charge in [0.25, 0.3) is 5.91 Å². The van der Waals surface area contributed by atoms with Gasteiger partial charge in [-0.05, 0) is 61.4 Å². The molecule has 2 aromatic carbocycles. The number of anilines is 2. The molecule has 1 amide bonds. The van der Waals surface area contributed by atoms with Crippen molar-refractivity contribution < 1.29 is 17.6 Å². The van der Waals surface area contributed by atoms with Crippen molar-refractivity contribution in [2.45, 2.75) is 19.8 Å². The molecule has 29 heavy (non-hydrogen) atoms. The van der Waals surface area contributed by atoms with E-state index in [1.165, 1.54) is 12.1 Å². The minimum absolute atomic E-state index is 0.0615. The summed E-state index contributed by atoms with van der Waals surface area (Å²) in [6.45, 7) is 4.49. The van der Waals surface area contributed by atoms with Crippen molar-refractivity contribution in [3.05, 3.63) is 59.9 Å². The van der Waals surface area contributed by atoms with Crippen LogP contribution in [0.25, 0.3) is 0 Å². The van der Waals surface area contributed by atoms with E-state index < -0.39 is 10.0 Å². The van der Waals surface area contributed by atoms with Crippen molar-refractivity contribution >= 4 is 27.3 Å². The molecular weight excluding hydrogens is 393 g/mol. The van der Waals surface area contributed by atoms with Crippen LogP contribution < -0.4 is 9.62 Å². The lowest BCUT2D eigenvalue weighted by Gasteiger charge is -2.24. The van der Waals surface area contributed by atoms with Crippen molar-refractivity contribution in [3.8, 4) is 0 Å². The van der Waals surface area contributed by atoms with E-state index in [1.54, 1.807) is 48.2 Å². The third kappa shape index (κ3) is 5.69. The fraction of sp³-hybridized carbons (Fsp3) is 0.381. The molecule has 0 unspecified atom stereocenters. The molecule has 0 aliphatic carbocycles. The molecule has 3 rings (SSSR count). The minimum Gasteiger partial charge on any atom is -0.370 e. The predicted molar refractivity (Wildman–Crippen MR) is 113 cm³/mol. The molecule has 156 valence electrons.